The smallest absolute Gasteiger partial charge is 0.315 e. The molecule has 0 spiro atoms. The minimum atomic E-state index is -1.08. The second-order valence-corrected chi connectivity index (χ2v) is 20.5. The number of carbonyl (C=O) groups excluding carboxylic acids is 2. The summed E-state index contributed by atoms with van der Waals surface area (Å²) in [7, 11) is 1.39. The fourth-order valence-corrected chi connectivity index (χ4v) is 11.3. The quantitative estimate of drug-likeness (QED) is 0.0662. The zero-order chi connectivity index (χ0) is 46.4. The molecule has 4 aliphatic rings. The van der Waals surface area contributed by atoms with Gasteiger partial charge in [0.2, 0.25) is 0 Å². The molecule has 6 rings (SSSR count). The fraction of sp³-hybridized carbons (Fsp3) is 0.636. The molecule has 64 heavy (non-hydrogen) atoms. The van der Waals surface area contributed by atoms with E-state index in [1.807, 2.05) is 6.92 Å². The van der Waals surface area contributed by atoms with Crippen LogP contribution in [-0.2, 0) is 25.5 Å². The highest BCUT2D eigenvalue weighted by molar-refractivity contribution is 5.88. The lowest BCUT2D eigenvalue weighted by molar-refractivity contribution is -0.147. The van der Waals surface area contributed by atoms with Gasteiger partial charge in [-0.15, -0.1) is 0 Å². The van der Waals surface area contributed by atoms with Crippen molar-refractivity contribution in [2.45, 2.75) is 172 Å². The number of fused-ring (bicyclic) bond motifs is 8. The molecule has 1 aliphatic carbocycles. The summed E-state index contributed by atoms with van der Waals surface area (Å²) in [6.07, 6.45) is 21.7. The van der Waals surface area contributed by atoms with Gasteiger partial charge >= 0.3 is 11.9 Å². The zero-order valence-corrected chi connectivity index (χ0v) is 41.5. The molecule has 1 fully saturated rings. The molecule has 0 aromatic carbocycles. The first-order valence-corrected chi connectivity index (χ1v) is 25.0. The molecule has 0 saturated carbocycles. The maximum atomic E-state index is 13.7. The normalized spacial score (nSPS) is 25.9. The number of allylic oxidation sites excluding steroid dienone is 4. The van der Waals surface area contributed by atoms with E-state index < -0.39 is 18.0 Å². The van der Waals surface area contributed by atoms with Crippen molar-refractivity contribution >= 4 is 29.7 Å². The molecule has 2 aromatic heterocycles. The Balaban J connectivity index is 1.19. The largest absolute Gasteiger partial charge is 0.468 e. The van der Waals surface area contributed by atoms with Crippen molar-refractivity contribution in [1.29, 1.82) is 0 Å². The highest BCUT2D eigenvalue weighted by Crippen LogP contribution is 2.45. The van der Waals surface area contributed by atoms with E-state index in [4.69, 9.17) is 9.47 Å². The van der Waals surface area contributed by atoms with Gasteiger partial charge in [-0.2, -0.15) is 0 Å². The summed E-state index contributed by atoms with van der Waals surface area (Å²) in [6.45, 7) is 24.9. The van der Waals surface area contributed by atoms with Crippen molar-refractivity contribution in [3.05, 3.63) is 84.7 Å². The van der Waals surface area contributed by atoms with Gasteiger partial charge in [0, 0.05) is 63.0 Å². The molecule has 8 atom stereocenters. The molecule has 5 heterocycles. The number of H-pyrrole nitrogens is 2. The highest BCUT2D eigenvalue weighted by Gasteiger charge is 2.49. The van der Waals surface area contributed by atoms with Crippen molar-refractivity contribution in [3.63, 3.8) is 0 Å². The Bertz CT molecular complexity index is 2250. The van der Waals surface area contributed by atoms with E-state index in [9.17, 15) is 14.7 Å². The number of carbonyl (C=O) groups is 2. The Kier molecular flexibility index (Phi) is 16.8. The summed E-state index contributed by atoms with van der Waals surface area (Å²) >= 11 is 0. The first-order valence-electron chi connectivity index (χ1n) is 25.0. The van der Waals surface area contributed by atoms with Crippen molar-refractivity contribution in [2.75, 3.05) is 13.7 Å². The van der Waals surface area contributed by atoms with Crippen LogP contribution in [0.1, 0.15) is 179 Å². The molecular formula is C55H82N4O5. The molecular weight excluding hydrogens is 797 g/mol. The molecule has 352 valence electrons. The number of aromatic nitrogens is 2. The first kappa shape index (κ1) is 49.2. The molecule has 5 N–H and O–H groups in total. The lowest BCUT2D eigenvalue weighted by Gasteiger charge is -2.27. The third-order valence-electron chi connectivity index (χ3n) is 15.4. The van der Waals surface area contributed by atoms with Gasteiger partial charge < -0.3 is 35.2 Å². The maximum absolute atomic E-state index is 13.7. The van der Waals surface area contributed by atoms with Crippen molar-refractivity contribution in [2.24, 2.45) is 41.4 Å². The third-order valence-corrected chi connectivity index (χ3v) is 15.4. The van der Waals surface area contributed by atoms with Crippen LogP contribution in [0.15, 0.2) is 40.4 Å². The summed E-state index contributed by atoms with van der Waals surface area (Å²) in [5.41, 5.74) is 12.8. The zero-order valence-electron chi connectivity index (χ0n) is 41.5. The van der Waals surface area contributed by atoms with Gasteiger partial charge in [-0.3, -0.25) is 9.59 Å². The average Bonchev–Trinajstić information content (AvgIpc) is 3.99. The number of aromatic amines is 2. The molecule has 9 nitrogen and oxygen atoms in total. The van der Waals surface area contributed by atoms with Gasteiger partial charge in [0.05, 0.1) is 19.3 Å². The van der Waals surface area contributed by atoms with Gasteiger partial charge in [0.15, 0.2) is 0 Å². The maximum Gasteiger partial charge on any atom is 0.315 e. The standard InChI is InChI=1S/C55H82N4O5/c1-13-39-35(8)42-28-44-37(10)41(24-25-48(60)64-27-26-34(7)23-17-22-33(6)21-16-20-32(5)19-15-18-31(3)4)52(58-44)50-51(55(62)63-12)54(61)49-38(11)45(59-53(49)50)30-47-40(14-2)36(9)43(57-47)29-46(39)56-42/h26,28-33,37,39,41,51-52,54,56-59,61H,13-25,27H2,1-12H3/b34-26+,44-28-,45-30-,46-29-/t32-,33+,37+,39-,41+,51-,52?,54+/m1/s1. The highest BCUT2D eigenvalue weighted by atomic mass is 16.5. The number of methoxy groups -OCH3 is 1. The van der Waals surface area contributed by atoms with E-state index >= 15 is 0 Å². The molecule has 8 bridgehead atoms. The average molecular weight is 879 g/mol. The van der Waals surface area contributed by atoms with Crippen molar-refractivity contribution < 1.29 is 24.2 Å². The predicted octanol–water partition coefficient (Wildman–Crippen LogP) is 10.4. The minimum absolute atomic E-state index is 0.0142. The topological polar surface area (TPSA) is 128 Å². The molecule has 9 heteroatoms. The van der Waals surface area contributed by atoms with Crippen molar-refractivity contribution in [1.82, 2.24) is 20.6 Å². The van der Waals surface area contributed by atoms with Gasteiger partial charge in [-0.1, -0.05) is 99.0 Å². The van der Waals surface area contributed by atoms with Crippen LogP contribution in [0.5, 0.6) is 0 Å². The number of hydrogen-bond acceptors (Lipinski definition) is 7. The van der Waals surface area contributed by atoms with Crippen LogP contribution in [-0.4, -0.2) is 46.8 Å². The predicted molar refractivity (Wildman–Crippen MR) is 261 cm³/mol. The second-order valence-electron chi connectivity index (χ2n) is 20.5. The Morgan fingerprint density at radius 2 is 1.55 bits per heavy atom. The van der Waals surface area contributed by atoms with E-state index in [1.54, 1.807) is 0 Å². The molecule has 2 aromatic rings. The van der Waals surface area contributed by atoms with Gasteiger partial charge in [0.1, 0.15) is 12.5 Å². The lowest BCUT2D eigenvalue weighted by atomic mass is 9.80. The summed E-state index contributed by atoms with van der Waals surface area (Å²) in [5.74, 6) is 0.962. The summed E-state index contributed by atoms with van der Waals surface area (Å²) in [4.78, 5) is 34.6. The van der Waals surface area contributed by atoms with Crippen LogP contribution in [0.2, 0.25) is 0 Å². The number of esters is 2. The van der Waals surface area contributed by atoms with Gasteiger partial charge in [-0.05, 0) is 136 Å². The number of ether oxygens (including phenoxy) is 2. The third kappa shape index (κ3) is 10.9. The number of nitrogens with one attached hydrogen (secondary N) is 4. The van der Waals surface area contributed by atoms with E-state index in [0.717, 1.165) is 93.6 Å². The molecule has 0 radical (unpaired) electrons. The molecule has 3 aliphatic heterocycles. The Morgan fingerprint density at radius 3 is 2.20 bits per heavy atom. The monoisotopic (exact) mass is 879 g/mol. The van der Waals surface area contributed by atoms with Crippen LogP contribution in [0, 0.1) is 55.3 Å². The SMILES string of the molecule is CCc1c2[nH]c(c1C)/C=C1\NC(=C(C)[C@H]1CC)/C=C1\NC(C3=c4[nH]/c(c(C)c4[C@H](O)[C@@H]3C(=O)OC)=C\2)[C@@H](CCC(=O)OC/C=C(\C)CCC[C@@H](C)CCC[C@H](C)CCCC(C)C)[C@@H]1C. The van der Waals surface area contributed by atoms with E-state index in [2.05, 4.69) is 114 Å². The lowest BCUT2D eigenvalue weighted by Crippen LogP contribution is -2.37. The Morgan fingerprint density at radius 1 is 0.859 bits per heavy atom. The van der Waals surface area contributed by atoms with Gasteiger partial charge in [-0.25, -0.2) is 0 Å². The summed E-state index contributed by atoms with van der Waals surface area (Å²) in [6, 6.07) is -0.347. The summed E-state index contributed by atoms with van der Waals surface area (Å²) < 4.78 is 11.2. The Labute approximate surface area is 384 Å². The van der Waals surface area contributed by atoms with Crippen LogP contribution in [0.4, 0.5) is 0 Å². The number of aliphatic hydroxyl groups is 1. The van der Waals surface area contributed by atoms with Gasteiger partial charge in [0.25, 0.3) is 0 Å². The fourth-order valence-electron chi connectivity index (χ4n) is 11.3. The number of hydrogen-bond donors (Lipinski definition) is 5. The van der Waals surface area contributed by atoms with E-state index in [1.165, 1.54) is 80.0 Å². The number of aliphatic hydroxyl groups excluding tert-OH is 1. The van der Waals surface area contributed by atoms with Crippen LogP contribution >= 0.6 is 0 Å². The molecule has 0 amide bonds. The first-order chi connectivity index (χ1) is 30.6. The number of rotatable bonds is 20. The van der Waals surface area contributed by atoms with E-state index in [0.29, 0.717) is 6.42 Å². The Hall–Kier alpha value is -4.24. The van der Waals surface area contributed by atoms with Crippen molar-refractivity contribution in [3.8, 4) is 0 Å². The molecule has 1 saturated heterocycles. The van der Waals surface area contributed by atoms with Crippen LogP contribution in [0.3, 0.4) is 0 Å². The van der Waals surface area contributed by atoms with E-state index in [-0.39, 0.29) is 42.8 Å². The summed E-state index contributed by atoms with van der Waals surface area (Å²) in [5, 5.41) is 21.4. The molecule has 1 unspecified atom stereocenters. The van der Waals surface area contributed by atoms with Crippen LogP contribution < -0.4 is 21.3 Å². The second kappa shape index (κ2) is 21.8. The minimum Gasteiger partial charge on any atom is -0.468 e. The van der Waals surface area contributed by atoms with Crippen LogP contribution in [0.25, 0.3) is 17.7 Å².